The van der Waals surface area contributed by atoms with Gasteiger partial charge in [-0.1, -0.05) is 29.3 Å². The quantitative estimate of drug-likeness (QED) is 0.813. The van der Waals surface area contributed by atoms with E-state index >= 15 is 0 Å². The van der Waals surface area contributed by atoms with Gasteiger partial charge in [-0.2, -0.15) is 0 Å². The summed E-state index contributed by atoms with van der Waals surface area (Å²) in [5.74, 6) is 1.36. The Hall–Kier alpha value is -1.54. The fourth-order valence-electron chi connectivity index (χ4n) is 2.06. The predicted molar refractivity (Wildman–Crippen MR) is 85.7 cm³/mol. The lowest BCUT2D eigenvalue weighted by Gasteiger charge is -2.08. The average molecular weight is 375 g/mol. The zero-order chi connectivity index (χ0) is 16.4. The summed E-state index contributed by atoms with van der Waals surface area (Å²) < 4.78 is 37.4. The van der Waals surface area contributed by atoms with Crippen LogP contribution in [0.3, 0.4) is 0 Å². The molecule has 0 fully saturated rings. The Morgan fingerprint density at radius 3 is 2.74 bits per heavy atom. The molecule has 1 aromatic heterocycles. The van der Waals surface area contributed by atoms with Crippen molar-refractivity contribution in [1.29, 1.82) is 0 Å². The van der Waals surface area contributed by atoms with Crippen molar-refractivity contribution in [2.75, 3.05) is 13.3 Å². The van der Waals surface area contributed by atoms with Gasteiger partial charge in [0.25, 0.3) is 0 Å². The molecule has 3 rings (SSSR count). The van der Waals surface area contributed by atoms with Crippen LogP contribution in [0.4, 0.5) is 0 Å². The highest BCUT2D eigenvalue weighted by Crippen LogP contribution is 2.32. The van der Waals surface area contributed by atoms with E-state index < -0.39 is 10.0 Å². The van der Waals surface area contributed by atoms with E-state index in [-0.39, 0.29) is 28.4 Å². The van der Waals surface area contributed by atoms with Crippen molar-refractivity contribution < 1.29 is 17.9 Å². The maximum Gasteiger partial charge on any atom is 0.242 e. The van der Waals surface area contributed by atoms with E-state index in [1.807, 2.05) is 12.1 Å². The molecule has 1 N–H and O–H groups in total. The standard InChI is InChI=1S/C14H12Cl2N2O4S/c15-11-6-10(7-17-14(11)16)23(19,20)18-4-3-9-1-2-12-13(5-9)22-8-21-12/h1-2,5-7,18H,3-4,8H2. The van der Waals surface area contributed by atoms with Crippen molar-refractivity contribution in [2.24, 2.45) is 0 Å². The van der Waals surface area contributed by atoms with Crippen LogP contribution in [0.2, 0.25) is 10.2 Å². The van der Waals surface area contributed by atoms with Crippen molar-refractivity contribution in [3.05, 3.63) is 46.2 Å². The van der Waals surface area contributed by atoms with Gasteiger partial charge in [0.05, 0.1) is 5.02 Å². The minimum atomic E-state index is -3.69. The number of rotatable bonds is 5. The highest BCUT2D eigenvalue weighted by atomic mass is 35.5. The van der Waals surface area contributed by atoms with Crippen LogP contribution in [0.15, 0.2) is 35.4 Å². The van der Waals surface area contributed by atoms with Crippen LogP contribution in [0.25, 0.3) is 0 Å². The predicted octanol–water partition coefficient (Wildman–Crippen LogP) is 2.64. The molecule has 0 unspecified atom stereocenters. The third-order valence-corrected chi connectivity index (χ3v) is 5.34. The summed E-state index contributed by atoms with van der Waals surface area (Å²) in [5.41, 5.74) is 0.934. The molecule has 9 heteroatoms. The van der Waals surface area contributed by atoms with E-state index in [1.54, 1.807) is 6.07 Å². The molecule has 0 bridgehead atoms. The molecule has 23 heavy (non-hydrogen) atoms. The van der Waals surface area contributed by atoms with Gasteiger partial charge < -0.3 is 9.47 Å². The summed E-state index contributed by atoms with van der Waals surface area (Å²) in [7, 11) is -3.69. The molecule has 0 aliphatic carbocycles. The Morgan fingerprint density at radius 1 is 1.17 bits per heavy atom. The molecule has 0 amide bonds. The molecule has 1 aliphatic heterocycles. The van der Waals surface area contributed by atoms with E-state index in [2.05, 4.69) is 9.71 Å². The Kier molecular flexibility index (Phi) is 4.63. The largest absolute Gasteiger partial charge is 0.454 e. The summed E-state index contributed by atoms with van der Waals surface area (Å²) in [6.45, 7) is 0.429. The Morgan fingerprint density at radius 2 is 1.96 bits per heavy atom. The van der Waals surface area contributed by atoms with Gasteiger partial charge in [-0.25, -0.2) is 18.1 Å². The Bertz CT molecular complexity index is 843. The number of ether oxygens (including phenoxy) is 2. The number of halogens is 2. The van der Waals surface area contributed by atoms with Crippen molar-refractivity contribution in [3.8, 4) is 11.5 Å². The SMILES string of the molecule is O=S(=O)(NCCc1ccc2c(c1)OCO2)c1cnc(Cl)c(Cl)c1. The molecule has 122 valence electrons. The summed E-state index contributed by atoms with van der Waals surface area (Å²) >= 11 is 11.5. The molecule has 1 aromatic carbocycles. The number of sulfonamides is 1. The van der Waals surface area contributed by atoms with Gasteiger partial charge in [0, 0.05) is 12.7 Å². The van der Waals surface area contributed by atoms with Crippen LogP contribution in [0, 0.1) is 0 Å². The number of nitrogens with one attached hydrogen (secondary N) is 1. The second-order valence-electron chi connectivity index (χ2n) is 4.78. The monoisotopic (exact) mass is 374 g/mol. The first-order chi connectivity index (χ1) is 11.0. The highest BCUT2D eigenvalue weighted by molar-refractivity contribution is 7.89. The molecule has 1 aliphatic rings. The van der Waals surface area contributed by atoms with Crippen molar-refractivity contribution in [2.45, 2.75) is 11.3 Å². The number of aromatic nitrogens is 1. The lowest BCUT2D eigenvalue weighted by atomic mass is 10.1. The summed E-state index contributed by atoms with van der Waals surface area (Å²) in [6.07, 6.45) is 1.67. The fraction of sp³-hybridized carbons (Fsp3) is 0.214. The van der Waals surface area contributed by atoms with Crippen molar-refractivity contribution in [1.82, 2.24) is 9.71 Å². The Labute approximate surface area is 143 Å². The average Bonchev–Trinajstić information content (AvgIpc) is 2.97. The maximum absolute atomic E-state index is 12.2. The van der Waals surface area contributed by atoms with Crippen LogP contribution < -0.4 is 14.2 Å². The number of hydrogen-bond donors (Lipinski definition) is 1. The van der Waals surface area contributed by atoms with Crippen LogP contribution in [-0.2, 0) is 16.4 Å². The van der Waals surface area contributed by atoms with E-state index in [4.69, 9.17) is 32.7 Å². The molecule has 2 aromatic rings. The van der Waals surface area contributed by atoms with E-state index in [1.165, 1.54) is 6.07 Å². The number of fused-ring (bicyclic) bond motifs is 1. The third kappa shape index (κ3) is 3.69. The fourth-order valence-corrected chi connectivity index (χ4v) is 3.40. The number of hydrogen-bond acceptors (Lipinski definition) is 5. The van der Waals surface area contributed by atoms with Crippen molar-refractivity contribution >= 4 is 33.2 Å². The zero-order valence-corrected chi connectivity index (χ0v) is 14.1. The normalized spacial score (nSPS) is 13.3. The van der Waals surface area contributed by atoms with E-state index in [9.17, 15) is 8.42 Å². The van der Waals surface area contributed by atoms with Crippen LogP contribution in [0.5, 0.6) is 11.5 Å². The summed E-state index contributed by atoms with van der Waals surface area (Å²) in [6, 6.07) is 6.76. The minimum absolute atomic E-state index is 0.0300. The van der Waals surface area contributed by atoms with Gasteiger partial charge >= 0.3 is 0 Å². The van der Waals surface area contributed by atoms with Crippen LogP contribution in [-0.4, -0.2) is 26.7 Å². The molecule has 0 atom stereocenters. The van der Waals surface area contributed by atoms with Crippen LogP contribution >= 0.6 is 23.2 Å². The lowest BCUT2D eigenvalue weighted by Crippen LogP contribution is -2.26. The number of nitrogens with zero attached hydrogens (tertiary/aromatic N) is 1. The third-order valence-electron chi connectivity index (χ3n) is 3.22. The van der Waals surface area contributed by atoms with Gasteiger partial charge in [0.1, 0.15) is 10.0 Å². The lowest BCUT2D eigenvalue weighted by molar-refractivity contribution is 0.174. The van der Waals surface area contributed by atoms with Gasteiger partial charge in [-0.3, -0.25) is 0 Å². The molecule has 0 saturated heterocycles. The molecule has 0 radical (unpaired) electrons. The molecule has 0 saturated carbocycles. The first kappa shape index (κ1) is 16.3. The Balaban J connectivity index is 1.64. The van der Waals surface area contributed by atoms with Crippen LogP contribution in [0.1, 0.15) is 5.56 Å². The molecule has 6 nitrogen and oxygen atoms in total. The molecular weight excluding hydrogens is 363 g/mol. The second kappa shape index (κ2) is 6.52. The van der Waals surface area contributed by atoms with Gasteiger partial charge in [-0.15, -0.1) is 0 Å². The smallest absolute Gasteiger partial charge is 0.242 e. The zero-order valence-electron chi connectivity index (χ0n) is 11.8. The molecule has 2 heterocycles. The van der Waals surface area contributed by atoms with Crippen molar-refractivity contribution in [3.63, 3.8) is 0 Å². The highest BCUT2D eigenvalue weighted by Gasteiger charge is 2.17. The van der Waals surface area contributed by atoms with Gasteiger partial charge in [0.15, 0.2) is 11.5 Å². The maximum atomic E-state index is 12.2. The second-order valence-corrected chi connectivity index (χ2v) is 7.31. The first-order valence-corrected chi connectivity index (χ1v) is 8.89. The van der Waals surface area contributed by atoms with E-state index in [0.29, 0.717) is 17.9 Å². The molecule has 0 spiro atoms. The first-order valence-electron chi connectivity index (χ1n) is 6.65. The minimum Gasteiger partial charge on any atom is -0.454 e. The number of benzene rings is 1. The summed E-state index contributed by atoms with van der Waals surface area (Å²) in [4.78, 5) is 3.70. The number of pyridine rings is 1. The summed E-state index contributed by atoms with van der Waals surface area (Å²) in [5, 5.41) is 0.149. The van der Waals surface area contributed by atoms with E-state index in [0.717, 1.165) is 11.8 Å². The topological polar surface area (TPSA) is 77.5 Å². The van der Waals surface area contributed by atoms with Gasteiger partial charge in [0.2, 0.25) is 16.8 Å². The molecular formula is C14H12Cl2N2O4S. The van der Waals surface area contributed by atoms with Gasteiger partial charge in [-0.05, 0) is 30.2 Å².